The molecule has 0 saturated carbocycles. The second-order valence-electron chi connectivity index (χ2n) is 4.69. The van der Waals surface area contributed by atoms with Crippen LogP contribution in [0.4, 0.5) is 13.2 Å². The SMILES string of the molecule is CN1CCCC1CNC(=O)C(C)(N)C(F)(F)F. The molecule has 0 radical (unpaired) electrons. The minimum Gasteiger partial charge on any atom is -0.353 e. The number of carbonyl (C=O) groups excluding carboxylic acids is 1. The van der Waals surface area contributed by atoms with Crippen molar-refractivity contribution in [2.45, 2.75) is 37.5 Å². The molecule has 1 aliphatic rings. The van der Waals surface area contributed by atoms with Crippen molar-refractivity contribution in [3.8, 4) is 0 Å². The number of nitrogens with zero attached hydrogens (tertiary/aromatic N) is 1. The highest BCUT2D eigenvalue weighted by molar-refractivity contribution is 5.86. The number of amides is 1. The Hall–Kier alpha value is -0.820. The molecule has 17 heavy (non-hydrogen) atoms. The van der Waals surface area contributed by atoms with Crippen LogP contribution >= 0.6 is 0 Å². The Balaban J connectivity index is 2.49. The first-order valence-corrected chi connectivity index (χ1v) is 5.50. The molecule has 1 saturated heterocycles. The van der Waals surface area contributed by atoms with Gasteiger partial charge in [0.05, 0.1) is 0 Å². The van der Waals surface area contributed by atoms with Crippen molar-refractivity contribution >= 4 is 5.91 Å². The lowest BCUT2D eigenvalue weighted by Crippen LogP contribution is -2.62. The molecule has 2 atom stereocenters. The van der Waals surface area contributed by atoms with Gasteiger partial charge in [-0.1, -0.05) is 0 Å². The molecule has 1 amide bonds. The van der Waals surface area contributed by atoms with E-state index < -0.39 is 17.6 Å². The summed E-state index contributed by atoms with van der Waals surface area (Å²) in [6, 6.07) is 0.1000. The number of halogens is 3. The summed E-state index contributed by atoms with van der Waals surface area (Å²) in [5.41, 5.74) is 2.18. The molecule has 0 aromatic rings. The normalized spacial score (nSPS) is 25.6. The first kappa shape index (κ1) is 14.2. The largest absolute Gasteiger partial charge is 0.415 e. The Morgan fingerprint density at radius 3 is 2.53 bits per heavy atom. The van der Waals surface area contributed by atoms with Gasteiger partial charge in [-0.05, 0) is 33.4 Å². The van der Waals surface area contributed by atoms with Gasteiger partial charge in [0, 0.05) is 12.6 Å². The number of hydrogen-bond acceptors (Lipinski definition) is 3. The van der Waals surface area contributed by atoms with E-state index in [9.17, 15) is 18.0 Å². The molecular formula is C10H18F3N3O. The van der Waals surface area contributed by atoms with Crippen LogP contribution in [0.15, 0.2) is 0 Å². The zero-order valence-electron chi connectivity index (χ0n) is 9.97. The molecule has 2 unspecified atom stereocenters. The number of rotatable bonds is 3. The summed E-state index contributed by atoms with van der Waals surface area (Å²) >= 11 is 0. The summed E-state index contributed by atoms with van der Waals surface area (Å²) < 4.78 is 37.4. The molecule has 0 aliphatic carbocycles. The van der Waals surface area contributed by atoms with Crippen LogP contribution in [0.3, 0.4) is 0 Å². The van der Waals surface area contributed by atoms with Crippen LogP contribution in [0.1, 0.15) is 19.8 Å². The number of likely N-dealkylation sites (tertiary alicyclic amines) is 1. The predicted molar refractivity (Wildman–Crippen MR) is 57.3 cm³/mol. The average molecular weight is 253 g/mol. The van der Waals surface area contributed by atoms with E-state index in [1.165, 1.54) is 0 Å². The lowest BCUT2D eigenvalue weighted by molar-refractivity contribution is -0.187. The molecular weight excluding hydrogens is 235 g/mol. The third kappa shape index (κ3) is 3.10. The van der Waals surface area contributed by atoms with Crippen molar-refractivity contribution < 1.29 is 18.0 Å². The molecule has 1 heterocycles. The summed E-state index contributed by atoms with van der Waals surface area (Å²) in [4.78, 5) is 13.4. The Morgan fingerprint density at radius 2 is 2.12 bits per heavy atom. The number of likely N-dealkylation sites (N-methyl/N-ethyl adjacent to an activating group) is 1. The van der Waals surface area contributed by atoms with Gasteiger partial charge in [-0.2, -0.15) is 13.2 Å². The van der Waals surface area contributed by atoms with Crippen LogP contribution in [0.25, 0.3) is 0 Å². The smallest absolute Gasteiger partial charge is 0.353 e. The van der Waals surface area contributed by atoms with E-state index in [0.29, 0.717) is 6.92 Å². The topological polar surface area (TPSA) is 58.4 Å². The van der Waals surface area contributed by atoms with Gasteiger partial charge in [-0.3, -0.25) is 4.79 Å². The second kappa shape index (κ2) is 4.81. The van der Waals surface area contributed by atoms with Crippen LogP contribution in [0.5, 0.6) is 0 Å². The summed E-state index contributed by atoms with van der Waals surface area (Å²) in [7, 11) is 1.88. The van der Waals surface area contributed by atoms with E-state index in [2.05, 4.69) is 5.32 Å². The Kier molecular flexibility index (Phi) is 4.03. The predicted octanol–water partition coefficient (Wildman–Crippen LogP) is 0.476. The van der Waals surface area contributed by atoms with Crippen molar-refractivity contribution in [1.82, 2.24) is 10.2 Å². The van der Waals surface area contributed by atoms with Crippen molar-refractivity contribution in [2.24, 2.45) is 5.73 Å². The van der Waals surface area contributed by atoms with Crippen molar-refractivity contribution in [3.05, 3.63) is 0 Å². The number of carbonyl (C=O) groups is 1. The Morgan fingerprint density at radius 1 is 1.53 bits per heavy atom. The zero-order valence-corrected chi connectivity index (χ0v) is 9.97. The summed E-state index contributed by atoms with van der Waals surface area (Å²) in [5.74, 6) is -1.18. The number of nitrogens with two attached hydrogens (primary N) is 1. The molecule has 0 spiro atoms. The average Bonchev–Trinajstić information content (AvgIpc) is 2.58. The van der Waals surface area contributed by atoms with E-state index in [0.717, 1.165) is 19.4 Å². The van der Waals surface area contributed by atoms with Gasteiger partial charge in [0.25, 0.3) is 0 Å². The summed E-state index contributed by atoms with van der Waals surface area (Å²) in [6.07, 6.45) is -2.86. The summed E-state index contributed by atoms with van der Waals surface area (Å²) in [5, 5.41) is 2.28. The molecule has 1 rings (SSSR count). The van der Waals surface area contributed by atoms with E-state index in [1.54, 1.807) is 0 Å². The van der Waals surface area contributed by atoms with Crippen LogP contribution in [0.2, 0.25) is 0 Å². The second-order valence-corrected chi connectivity index (χ2v) is 4.69. The third-order valence-electron chi connectivity index (χ3n) is 3.23. The zero-order chi connectivity index (χ0) is 13.3. The van der Waals surface area contributed by atoms with E-state index in [4.69, 9.17) is 5.73 Å². The fraction of sp³-hybridized carbons (Fsp3) is 0.900. The van der Waals surface area contributed by atoms with Gasteiger partial charge in [0.1, 0.15) is 0 Å². The van der Waals surface area contributed by atoms with Gasteiger partial charge >= 0.3 is 6.18 Å². The number of hydrogen-bond donors (Lipinski definition) is 2. The molecule has 0 aromatic carbocycles. The van der Waals surface area contributed by atoms with Gasteiger partial charge in [0.2, 0.25) is 5.91 Å². The van der Waals surface area contributed by atoms with Crippen molar-refractivity contribution in [2.75, 3.05) is 20.1 Å². The first-order valence-electron chi connectivity index (χ1n) is 5.50. The lowest BCUT2D eigenvalue weighted by atomic mass is 10.0. The minimum atomic E-state index is -4.74. The van der Waals surface area contributed by atoms with Crippen LogP contribution in [0, 0.1) is 0 Å². The fourth-order valence-electron chi connectivity index (χ4n) is 1.76. The molecule has 1 fully saturated rings. The highest BCUT2D eigenvalue weighted by Gasteiger charge is 2.53. The highest BCUT2D eigenvalue weighted by Crippen LogP contribution is 2.28. The maximum atomic E-state index is 12.5. The van der Waals surface area contributed by atoms with Crippen LogP contribution in [-0.4, -0.2) is 48.7 Å². The third-order valence-corrected chi connectivity index (χ3v) is 3.23. The van der Waals surface area contributed by atoms with Crippen LogP contribution in [-0.2, 0) is 4.79 Å². The van der Waals surface area contributed by atoms with Crippen molar-refractivity contribution in [1.29, 1.82) is 0 Å². The molecule has 4 nitrogen and oxygen atoms in total. The maximum Gasteiger partial charge on any atom is 0.415 e. The standard InChI is InChI=1S/C10H18F3N3O/c1-9(14,10(11,12)13)8(17)15-6-7-4-3-5-16(7)2/h7H,3-6,14H2,1-2H3,(H,15,17). The quantitative estimate of drug-likeness (QED) is 0.769. The number of nitrogens with one attached hydrogen (secondary N) is 1. The van der Waals surface area contributed by atoms with Gasteiger partial charge in [-0.15, -0.1) is 0 Å². The molecule has 0 bridgehead atoms. The first-order chi connectivity index (χ1) is 7.66. The fourth-order valence-corrected chi connectivity index (χ4v) is 1.76. The minimum absolute atomic E-state index is 0.1000. The van der Waals surface area contributed by atoms with Crippen LogP contribution < -0.4 is 11.1 Å². The molecule has 1 aliphatic heterocycles. The van der Waals surface area contributed by atoms with E-state index >= 15 is 0 Å². The van der Waals surface area contributed by atoms with Gasteiger partial charge in [0.15, 0.2) is 5.54 Å². The van der Waals surface area contributed by atoms with Gasteiger partial charge in [-0.25, -0.2) is 0 Å². The monoisotopic (exact) mass is 253 g/mol. The Labute approximate surface area is 98.3 Å². The molecule has 0 aromatic heterocycles. The highest BCUT2D eigenvalue weighted by atomic mass is 19.4. The molecule has 3 N–H and O–H groups in total. The number of alkyl halides is 3. The van der Waals surface area contributed by atoms with Gasteiger partial charge < -0.3 is 16.0 Å². The van der Waals surface area contributed by atoms with E-state index in [-0.39, 0.29) is 12.6 Å². The van der Waals surface area contributed by atoms with Crippen molar-refractivity contribution in [3.63, 3.8) is 0 Å². The lowest BCUT2D eigenvalue weighted by Gasteiger charge is -2.27. The molecule has 100 valence electrons. The molecule has 7 heteroatoms. The van der Waals surface area contributed by atoms with E-state index in [1.807, 2.05) is 11.9 Å². The Bertz CT molecular complexity index is 291. The summed E-state index contributed by atoms with van der Waals surface area (Å²) in [6.45, 7) is 1.79. The maximum absolute atomic E-state index is 12.5.